The van der Waals surface area contributed by atoms with Gasteiger partial charge in [0.05, 0.1) is 0 Å². The van der Waals surface area contributed by atoms with Gasteiger partial charge in [-0.15, -0.1) is 0 Å². The Morgan fingerprint density at radius 3 is 2.82 bits per heavy atom. The third-order valence-electron chi connectivity index (χ3n) is 2.30. The number of carbonyl (C=O) groups is 1. The van der Waals surface area contributed by atoms with E-state index in [1.807, 2.05) is 24.6 Å². The molecule has 1 amide bonds. The molecule has 0 aliphatic rings. The van der Waals surface area contributed by atoms with Crippen molar-refractivity contribution in [3.05, 3.63) is 22.4 Å². The Morgan fingerprint density at radius 2 is 2.29 bits per heavy atom. The SMILES string of the molecule is CCn1cc(Br)cc1C(=O)NC(C)CS(C)=O. The molecule has 0 saturated carbocycles. The van der Waals surface area contributed by atoms with Gasteiger partial charge in [0, 0.05) is 46.1 Å². The summed E-state index contributed by atoms with van der Waals surface area (Å²) in [6, 6.07) is 1.70. The minimum absolute atomic E-state index is 0.0904. The van der Waals surface area contributed by atoms with E-state index >= 15 is 0 Å². The van der Waals surface area contributed by atoms with E-state index in [1.165, 1.54) is 0 Å². The van der Waals surface area contributed by atoms with Crippen LogP contribution in [-0.2, 0) is 17.3 Å². The van der Waals surface area contributed by atoms with Crippen LogP contribution in [0.25, 0.3) is 0 Å². The van der Waals surface area contributed by atoms with Crippen molar-refractivity contribution >= 4 is 32.6 Å². The highest BCUT2D eigenvalue weighted by molar-refractivity contribution is 9.10. The average Bonchev–Trinajstić information content (AvgIpc) is 2.58. The van der Waals surface area contributed by atoms with Gasteiger partial charge in [0.25, 0.3) is 5.91 Å². The van der Waals surface area contributed by atoms with E-state index < -0.39 is 10.8 Å². The Balaban J connectivity index is 2.72. The van der Waals surface area contributed by atoms with E-state index in [9.17, 15) is 9.00 Å². The van der Waals surface area contributed by atoms with E-state index in [1.54, 1.807) is 12.3 Å². The minimum atomic E-state index is -0.901. The average molecular weight is 321 g/mol. The van der Waals surface area contributed by atoms with Crippen LogP contribution in [0.1, 0.15) is 24.3 Å². The fourth-order valence-electron chi connectivity index (χ4n) is 1.62. The summed E-state index contributed by atoms with van der Waals surface area (Å²) in [6.45, 7) is 4.57. The van der Waals surface area contributed by atoms with Crippen LogP contribution in [0.15, 0.2) is 16.7 Å². The smallest absolute Gasteiger partial charge is 0.268 e. The topological polar surface area (TPSA) is 51.1 Å². The molecule has 0 aromatic carbocycles. The molecule has 0 spiro atoms. The summed E-state index contributed by atoms with van der Waals surface area (Å²) in [5.41, 5.74) is 0.619. The normalized spacial score (nSPS) is 14.4. The predicted molar refractivity (Wildman–Crippen MR) is 73.7 cm³/mol. The first kappa shape index (κ1) is 14.4. The maximum Gasteiger partial charge on any atom is 0.268 e. The molecular formula is C11H17BrN2O2S. The molecule has 4 nitrogen and oxygen atoms in total. The van der Waals surface area contributed by atoms with Gasteiger partial charge in [0.15, 0.2) is 0 Å². The van der Waals surface area contributed by atoms with Crippen molar-refractivity contribution in [2.75, 3.05) is 12.0 Å². The van der Waals surface area contributed by atoms with Crippen molar-refractivity contribution in [1.82, 2.24) is 9.88 Å². The lowest BCUT2D eigenvalue weighted by atomic mass is 10.3. The second-order valence-corrected chi connectivity index (χ2v) is 6.34. The first-order valence-corrected chi connectivity index (χ1v) is 7.92. The molecule has 1 aromatic heterocycles. The largest absolute Gasteiger partial charge is 0.347 e. The molecule has 0 bridgehead atoms. The molecule has 2 unspecified atom stereocenters. The highest BCUT2D eigenvalue weighted by Crippen LogP contribution is 2.15. The molecule has 1 N–H and O–H groups in total. The Labute approximate surface area is 112 Å². The maximum absolute atomic E-state index is 12.0. The monoisotopic (exact) mass is 320 g/mol. The number of carbonyl (C=O) groups excluding carboxylic acids is 1. The van der Waals surface area contributed by atoms with Crippen molar-refractivity contribution in [3.8, 4) is 0 Å². The summed E-state index contributed by atoms with van der Waals surface area (Å²) < 4.78 is 13.8. The van der Waals surface area contributed by atoms with Gasteiger partial charge in [0.1, 0.15) is 5.69 Å². The van der Waals surface area contributed by atoms with Crippen LogP contribution in [0.4, 0.5) is 0 Å². The molecular weight excluding hydrogens is 304 g/mol. The van der Waals surface area contributed by atoms with Crippen LogP contribution in [0.2, 0.25) is 0 Å². The van der Waals surface area contributed by atoms with Crippen LogP contribution in [0.5, 0.6) is 0 Å². The standard InChI is InChI=1S/C11H17BrN2O2S/c1-4-14-6-9(12)5-10(14)11(15)13-8(2)7-17(3)16/h5-6,8H,4,7H2,1-3H3,(H,13,15). The molecule has 1 heterocycles. The summed E-state index contributed by atoms with van der Waals surface area (Å²) in [5, 5.41) is 2.84. The third kappa shape index (κ3) is 4.27. The van der Waals surface area contributed by atoms with E-state index in [-0.39, 0.29) is 11.9 Å². The zero-order valence-corrected chi connectivity index (χ0v) is 12.6. The van der Waals surface area contributed by atoms with Gasteiger partial charge in [-0.25, -0.2) is 0 Å². The zero-order valence-electron chi connectivity index (χ0n) is 10.2. The fraction of sp³-hybridized carbons (Fsp3) is 0.545. The first-order chi connectivity index (χ1) is 7.93. The Morgan fingerprint density at radius 1 is 1.65 bits per heavy atom. The summed E-state index contributed by atoms with van der Waals surface area (Å²) >= 11 is 3.35. The highest BCUT2D eigenvalue weighted by Gasteiger charge is 2.15. The number of rotatable bonds is 5. The highest BCUT2D eigenvalue weighted by atomic mass is 79.9. The first-order valence-electron chi connectivity index (χ1n) is 5.40. The Kier molecular flexibility index (Phi) is 5.39. The van der Waals surface area contributed by atoms with Gasteiger partial charge < -0.3 is 9.88 Å². The lowest BCUT2D eigenvalue weighted by molar-refractivity contribution is 0.0934. The second kappa shape index (κ2) is 6.35. The summed E-state index contributed by atoms with van der Waals surface area (Å²) in [7, 11) is -0.901. The number of amides is 1. The fourth-order valence-corrected chi connectivity index (χ4v) is 2.87. The molecule has 2 atom stereocenters. The van der Waals surface area contributed by atoms with Crippen LogP contribution in [0, 0.1) is 0 Å². The van der Waals surface area contributed by atoms with Crippen molar-refractivity contribution < 1.29 is 9.00 Å². The molecule has 0 fully saturated rings. The molecule has 1 rings (SSSR count). The van der Waals surface area contributed by atoms with E-state index in [4.69, 9.17) is 0 Å². The quantitative estimate of drug-likeness (QED) is 0.898. The van der Waals surface area contributed by atoms with E-state index in [2.05, 4.69) is 21.2 Å². The second-order valence-electron chi connectivity index (χ2n) is 3.94. The molecule has 96 valence electrons. The van der Waals surface area contributed by atoms with Crippen molar-refractivity contribution in [2.24, 2.45) is 0 Å². The summed E-state index contributed by atoms with van der Waals surface area (Å²) in [5.74, 6) is 0.343. The Hall–Kier alpha value is -0.620. The van der Waals surface area contributed by atoms with Crippen molar-refractivity contribution in [2.45, 2.75) is 26.4 Å². The molecule has 0 aliphatic carbocycles. The lowest BCUT2D eigenvalue weighted by Gasteiger charge is -2.13. The van der Waals surface area contributed by atoms with Gasteiger partial charge in [-0.05, 0) is 35.8 Å². The Bertz CT molecular complexity index is 431. The van der Waals surface area contributed by atoms with Crippen LogP contribution in [0.3, 0.4) is 0 Å². The minimum Gasteiger partial charge on any atom is -0.347 e. The number of hydrogen-bond donors (Lipinski definition) is 1. The number of nitrogens with zero attached hydrogens (tertiary/aromatic N) is 1. The molecule has 0 radical (unpaired) electrons. The summed E-state index contributed by atoms with van der Waals surface area (Å²) in [6.07, 6.45) is 3.51. The maximum atomic E-state index is 12.0. The van der Waals surface area contributed by atoms with Crippen LogP contribution >= 0.6 is 15.9 Å². The van der Waals surface area contributed by atoms with Gasteiger partial charge in [-0.1, -0.05) is 0 Å². The number of aromatic nitrogens is 1. The van der Waals surface area contributed by atoms with Gasteiger partial charge in [-0.2, -0.15) is 0 Å². The molecule has 17 heavy (non-hydrogen) atoms. The van der Waals surface area contributed by atoms with Crippen molar-refractivity contribution in [3.63, 3.8) is 0 Å². The molecule has 1 aromatic rings. The zero-order chi connectivity index (χ0) is 13.0. The number of halogens is 1. The van der Waals surface area contributed by atoms with Gasteiger partial charge >= 0.3 is 0 Å². The van der Waals surface area contributed by atoms with E-state index in [0.29, 0.717) is 11.4 Å². The van der Waals surface area contributed by atoms with Crippen LogP contribution in [-0.4, -0.2) is 32.7 Å². The lowest BCUT2D eigenvalue weighted by Crippen LogP contribution is -2.37. The van der Waals surface area contributed by atoms with Crippen molar-refractivity contribution in [1.29, 1.82) is 0 Å². The van der Waals surface area contributed by atoms with Gasteiger partial charge in [-0.3, -0.25) is 9.00 Å². The van der Waals surface area contributed by atoms with Crippen LogP contribution < -0.4 is 5.32 Å². The third-order valence-corrected chi connectivity index (χ3v) is 3.70. The predicted octanol–water partition coefficient (Wildman–Crippen LogP) is 1.77. The number of nitrogens with one attached hydrogen (secondary N) is 1. The van der Waals surface area contributed by atoms with E-state index in [0.717, 1.165) is 11.0 Å². The molecule has 0 aliphatic heterocycles. The number of aryl methyl sites for hydroxylation is 1. The van der Waals surface area contributed by atoms with Gasteiger partial charge in [0.2, 0.25) is 0 Å². The summed E-state index contributed by atoms with van der Waals surface area (Å²) in [4.78, 5) is 12.0. The molecule has 6 heteroatoms. The molecule has 0 saturated heterocycles. The number of hydrogen-bond acceptors (Lipinski definition) is 2.